The molecule has 0 aliphatic carbocycles. The van der Waals surface area contributed by atoms with Crippen molar-refractivity contribution in [3.8, 4) is 0 Å². The second kappa shape index (κ2) is 60.6. The van der Waals surface area contributed by atoms with Crippen LogP contribution in [0.3, 0.4) is 0 Å². The lowest BCUT2D eigenvalue weighted by Crippen LogP contribution is -2.45. The van der Waals surface area contributed by atoms with E-state index in [1.165, 1.54) is 231 Å². The monoisotopic (exact) mass is 998 g/mol. The summed E-state index contributed by atoms with van der Waals surface area (Å²) in [5.74, 6) is -0.0791. The van der Waals surface area contributed by atoms with Crippen molar-refractivity contribution >= 4 is 11.9 Å². The van der Waals surface area contributed by atoms with Gasteiger partial charge in [0.25, 0.3) is 0 Å². The Bertz CT molecular complexity index is 1150. The topological polar surface area (TPSA) is 95.9 Å². The van der Waals surface area contributed by atoms with Gasteiger partial charge in [0.05, 0.1) is 25.4 Å². The summed E-state index contributed by atoms with van der Waals surface area (Å²) < 4.78 is 5.46. The number of unbranched alkanes of at least 4 members (excludes halogenated alkanes) is 43. The number of carbonyl (C=O) groups is 2. The first-order valence-electron chi connectivity index (χ1n) is 31.8. The highest BCUT2D eigenvalue weighted by Gasteiger charge is 2.20. The first kappa shape index (κ1) is 69.1. The molecule has 0 saturated carbocycles. The van der Waals surface area contributed by atoms with Crippen LogP contribution in [0.1, 0.15) is 341 Å². The van der Waals surface area contributed by atoms with Gasteiger partial charge in [-0.25, -0.2) is 0 Å². The maximum Gasteiger partial charge on any atom is 0.305 e. The van der Waals surface area contributed by atoms with Gasteiger partial charge >= 0.3 is 5.97 Å². The van der Waals surface area contributed by atoms with Crippen LogP contribution in [0.2, 0.25) is 0 Å². The molecule has 6 nitrogen and oxygen atoms in total. The van der Waals surface area contributed by atoms with E-state index in [1.54, 1.807) is 0 Å². The maximum atomic E-state index is 12.5. The van der Waals surface area contributed by atoms with Crippen LogP contribution in [0.5, 0.6) is 0 Å². The first-order chi connectivity index (χ1) is 35.0. The molecule has 6 heteroatoms. The Kier molecular flexibility index (Phi) is 59.0. The van der Waals surface area contributed by atoms with E-state index in [0.717, 1.165) is 77.0 Å². The number of nitrogens with one attached hydrogen (secondary N) is 1. The van der Waals surface area contributed by atoms with E-state index in [4.69, 9.17) is 4.74 Å². The third kappa shape index (κ3) is 57.2. The molecule has 2 unspecified atom stereocenters. The van der Waals surface area contributed by atoms with Crippen molar-refractivity contribution in [3.05, 3.63) is 36.5 Å². The molecule has 0 rings (SSSR count). The molecule has 2 atom stereocenters. The molecule has 0 aliphatic rings. The Morgan fingerprint density at radius 3 is 1.08 bits per heavy atom. The quantitative estimate of drug-likeness (QED) is 0.0244. The van der Waals surface area contributed by atoms with Crippen molar-refractivity contribution in [3.63, 3.8) is 0 Å². The van der Waals surface area contributed by atoms with Gasteiger partial charge in [0.1, 0.15) is 0 Å². The molecule has 3 N–H and O–H groups in total. The Morgan fingerprint density at radius 1 is 0.394 bits per heavy atom. The minimum absolute atomic E-state index is 0.0244. The average molecular weight is 999 g/mol. The molecule has 0 aromatic rings. The molecule has 0 spiro atoms. The number of hydrogen-bond donors (Lipinski definition) is 3. The summed E-state index contributed by atoms with van der Waals surface area (Å²) in [5.41, 5.74) is 0. The lowest BCUT2D eigenvalue weighted by molar-refractivity contribution is -0.143. The van der Waals surface area contributed by atoms with Gasteiger partial charge < -0.3 is 20.3 Å². The minimum Gasteiger partial charge on any atom is -0.466 e. The fourth-order valence-electron chi connectivity index (χ4n) is 9.80. The summed E-state index contributed by atoms with van der Waals surface area (Å²) in [4.78, 5) is 24.6. The molecule has 0 aliphatic heterocycles. The van der Waals surface area contributed by atoms with E-state index in [2.05, 4.69) is 55.6 Å². The molecule has 0 bridgehead atoms. The largest absolute Gasteiger partial charge is 0.466 e. The number of rotatable bonds is 59. The Labute approximate surface area is 443 Å². The van der Waals surface area contributed by atoms with Gasteiger partial charge in [0, 0.05) is 12.8 Å². The minimum atomic E-state index is -0.681. The highest BCUT2D eigenvalue weighted by molar-refractivity contribution is 5.76. The van der Waals surface area contributed by atoms with Crippen molar-refractivity contribution in [1.82, 2.24) is 5.32 Å². The Hall–Kier alpha value is -1.92. The van der Waals surface area contributed by atoms with E-state index >= 15 is 0 Å². The van der Waals surface area contributed by atoms with E-state index in [-0.39, 0.29) is 18.5 Å². The lowest BCUT2D eigenvalue weighted by atomic mass is 10.0. The molecule has 0 heterocycles. The molecule has 0 saturated heterocycles. The van der Waals surface area contributed by atoms with Gasteiger partial charge in [0.15, 0.2) is 0 Å². The average Bonchev–Trinajstić information content (AvgIpc) is 3.37. The SMILES string of the molecule is CCCCCCCC/C=C\CCCCCCCCCC(=O)OCCCCC/C=C\C=C/CCCCCCCCC(=O)NC(CO)C(O)CCCCCCCCCCCCCCCCCCCCCCCC. The predicted octanol–water partition coefficient (Wildman–Crippen LogP) is 20.0. The zero-order valence-corrected chi connectivity index (χ0v) is 47.7. The van der Waals surface area contributed by atoms with Gasteiger partial charge in [-0.1, -0.05) is 281 Å². The van der Waals surface area contributed by atoms with Gasteiger partial charge in [-0.15, -0.1) is 0 Å². The van der Waals surface area contributed by atoms with Gasteiger partial charge in [-0.3, -0.25) is 9.59 Å². The van der Waals surface area contributed by atoms with E-state index in [0.29, 0.717) is 25.9 Å². The second-order valence-electron chi connectivity index (χ2n) is 21.8. The standard InChI is InChI=1S/C65H123NO5/c1-3-5-7-9-11-13-15-17-19-21-22-23-24-25-27-29-33-37-41-45-49-53-57-63(68)62(61-67)66-64(69)58-54-50-46-42-38-34-30-28-32-36-40-44-48-52-56-60-71-65(70)59-55-51-47-43-39-35-31-26-20-18-16-14-12-10-8-6-4-2/h18,20,28,32,36,40,62-63,67-68H,3-17,19,21-27,29-31,33-35,37-39,41-61H2,1-2H3,(H,66,69)/b20-18-,32-28-,40-36-. The molecule has 1 amide bonds. The molecular formula is C65H123NO5. The molecule has 418 valence electrons. The van der Waals surface area contributed by atoms with E-state index in [1.807, 2.05) is 0 Å². The summed E-state index contributed by atoms with van der Waals surface area (Å²) in [7, 11) is 0. The third-order valence-electron chi connectivity index (χ3n) is 14.7. The van der Waals surface area contributed by atoms with Crippen LogP contribution in [0, 0.1) is 0 Å². The number of ether oxygens (including phenoxy) is 1. The molecule has 0 fully saturated rings. The van der Waals surface area contributed by atoms with Crippen LogP contribution < -0.4 is 5.32 Å². The van der Waals surface area contributed by atoms with E-state index < -0.39 is 12.1 Å². The smallest absolute Gasteiger partial charge is 0.305 e. The van der Waals surface area contributed by atoms with Gasteiger partial charge in [-0.2, -0.15) is 0 Å². The van der Waals surface area contributed by atoms with E-state index in [9.17, 15) is 19.8 Å². The van der Waals surface area contributed by atoms with Crippen LogP contribution in [0.15, 0.2) is 36.5 Å². The highest BCUT2D eigenvalue weighted by Crippen LogP contribution is 2.18. The number of carbonyl (C=O) groups excluding carboxylic acids is 2. The second-order valence-corrected chi connectivity index (χ2v) is 21.8. The number of hydrogen-bond acceptors (Lipinski definition) is 5. The lowest BCUT2D eigenvalue weighted by Gasteiger charge is -2.22. The molecule has 71 heavy (non-hydrogen) atoms. The number of allylic oxidation sites excluding steroid dienone is 6. The fraction of sp³-hybridized carbons (Fsp3) is 0.877. The maximum absolute atomic E-state index is 12.5. The summed E-state index contributed by atoms with van der Waals surface area (Å²) in [6, 6.07) is -0.560. The fourth-order valence-corrected chi connectivity index (χ4v) is 9.80. The number of esters is 1. The van der Waals surface area contributed by atoms with Crippen LogP contribution in [0.25, 0.3) is 0 Å². The number of aliphatic hydroxyl groups is 2. The van der Waals surface area contributed by atoms with Crippen LogP contribution in [-0.2, 0) is 14.3 Å². The van der Waals surface area contributed by atoms with Crippen molar-refractivity contribution in [2.45, 2.75) is 353 Å². The molecule has 0 radical (unpaired) electrons. The Morgan fingerprint density at radius 2 is 0.704 bits per heavy atom. The molecule has 0 aromatic carbocycles. The summed E-state index contributed by atoms with van der Waals surface area (Å²) in [5, 5.41) is 23.4. The van der Waals surface area contributed by atoms with Gasteiger partial charge in [-0.05, 0) is 83.5 Å². The Balaban J connectivity index is 3.50. The van der Waals surface area contributed by atoms with Gasteiger partial charge in [0.2, 0.25) is 5.91 Å². The van der Waals surface area contributed by atoms with Crippen molar-refractivity contribution < 1.29 is 24.5 Å². The summed E-state index contributed by atoms with van der Waals surface area (Å²) in [6.45, 7) is 4.91. The molecular weight excluding hydrogens is 875 g/mol. The van der Waals surface area contributed by atoms with Crippen molar-refractivity contribution in [2.75, 3.05) is 13.2 Å². The predicted molar refractivity (Wildman–Crippen MR) is 310 cm³/mol. The van der Waals surface area contributed by atoms with Crippen LogP contribution >= 0.6 is 0 Å². The summed E-state index contributed by atoms with van der Waals surface area (Å²) >= 11 is 0. The summed E-state index contributed by atoms with van der Waals surface area (Å²) in [6.07, 6.45) is 75.8. The van der Waals surface area contributed by atoms with Crippen molar-refractivity contribution in [1.29, 1.82) is 0 Å². The third-order valence-corrected chi connectivity index (χ3v) is 14.7. The van der Waals surface area contributed by atoms with Crippen LogP contribution in [-0.4, -0.2) is 47.4 Å². The van der Waals surface area contributed by atoms with Crippen molar-refractivity contribution in [2.24, 2.45) is 0 Å². The molecule has 0 aromatic heterocycles. The van der Waals surface area contributed by atoms with Crippen LogP contribution in [0.4, 0.5) is 0 Å². The zero-order valence-electron chi connectivity index (χ0n) is 47.7. The first-order valence-corrected chi connectivity index (χ1v) is 31.8. The number of amides is 1. The number of aliphatic hydroxyl groups excluding tert-OH is 2. The zero-order chi connectivity index (χ0) is 51.4. The normalized spacial score (nSPS) is 12.8. The highest BCUT2D eigenvalue weighted by atomic mass is 16.5.